The van der Waals surface area contributed by atoms with Crippen LogP contribution in [0.25, 0.3) is 10.8 Å². The van der Waals surface area contributed by atoms with Crippen LogP contribution in [-0.2, 0) is 11.2 Å². The van der Waals surface area contributed by atoms with E-state index in [0.29, 0.717) is 6.42 Å². The van der Waals surface area contributed by atoms with Gasteiger partial charge in [0.05, 0.1) is 0 Å². The van der Waals surface area contributed by atoms with Crippen molar-refractivity contribution in [2.75, 3.05) is 0 Å². The molecular formula is C14H15NO. The highest BCUT2D eigenvalue weighted by molar-refractivity contribution is 5.83. The van der Waals surface area contributed by atoms with Gasteiger partial charge in [-0.05, 0) is 22.8 Å². The molecule has 1 amide bonds. The monoisotopic (exact) mass is 213 g/mol. The molecule has 0 spiro atoms. The van der Waals surface area contributed by atoms with E-state index in [2.05, 4.69) is 30.3 Å². The second-order valence-electron chi connectivity index (χ2n) is 4.19. The van der Waals surface area contributed by atoms with Gasteiger partial charge in [0, 0.05) is 5.92 Å². The number of amides is 1. The van der Waals surface area contributed by atoms with Crippen molar-refractivity contribution in [1.29, 1.82) is 0 Å². The molecule has 2 aromatic rings. The Kier molecular flexibility index (Phi) is 2.91. The van der Waals surface area contributed by atoms with E-state index < -0.39 is 0 Å². The Labute approximate surface area is 95.1 Å². The number of rotatable bonds is 3. The summed E-state index contributed by atoms with van der Waals surface area (Å²) in [7, 11) is 0. The number of hydrogen-bond donors (Lipinski definition) is 1. The van der Waals surface area contributed by atoms with Gasteiger partial charge in [-0.2, -0.15) is 0 Å². The van der Waals surface area contributed by atoms with Crippen molar-refractivity contribution in [3.05, 3.63) is 48.0 Å². The van der Waals surface area contributed by atoms with Gasteiger partial charge in [-0.25, -0.2) is 0 Å². The number of hydrogen-bond acceptors (Lipinski definition) is 1. The number of benzene rings is 2. The minimum atomic E-state index is -0.242. The molecule has 0 heterocycles. The third-order valence-corrected chi connectivity index (χ3v) is 2.84. The largest absolute Gasteiger partial charge is 0.369 e. The standard InChI is InChI=1S/C14H15NO/c1-10(14(15)16)8-11-6-7-12-4-2-3-5-13(12)9-11/h2-7,9-10H,8H2,1H3,(H2,15,16)/t10-/m0/s1. The highest BCUT2D eigenvalue weighted by atomic mass is 16.1. The molecule has 0 radical (unpaired) electrons. The van der Waals surface area contributed by atoms with Crippen molar-refractivity contribution in [2.45, 2.75) is 13.3 Å². The van der Waals surface area contributed by atoms with Crippen molar-refractivity contribution in [1.82, 2.24) is 0 Å². The van der Waals surface area contributed by atoms with Gasteiger partial charge in [-0.15, -0.1) is 0 Å². The van der Waals surface area contributed by atoms with Crippen molar-refractivity contribution in [2.24, 2.45) is 11.7 Å². The van der Waals surface area contributed by atoms with Crippen molar-refractivity contribution >= 4 is 16.7 Å². The summed E-state index contributed by atoms with van der Waals surface area (Å²) < 4.78 is 0. The summed E-state index contributed by atoms with van der Waals surface area (Å²) in [6.07, 6.45) is 0.708. The van der Waals surface area contributed by atoms with Crippen molar-refractivity contribution < 1.29 is 4.79 Å². The Bertz CT molecular complexity index is 519. The third-order valence-electron chi connectivity index (χ3n) is 2.84. The molecule has 0 bridgehead atoms. The summed E-state index contributed by atoms with van der Waals surface area (Å²) in [6.45, 7) is 1.86. The van der Waals surface area contributed by atoms with Crippen LogP contribution in [0, 0.1) is 5.92 Å². The molecule has 1 atom stereocenters. The lowest BCUT2D eigenvalue weighted by molar-refractivity contribution is -0.121. The summed E-state index contributed by atoms with van der Waals surface area (Å²) in [6, 6.07) is 14.5. The SMILES string of the molecule is C[C@@H](Cc1ccc2ccccc2c1)C(N)=O. The minimum absolute atomic E-state index is 0.110. The van der Waals surface area contributed by atoms with E-state index in [-0.39, 0.29) is 11.8 Å². The zero-order valence-corrected chi connectivity index (χ0v) is 9.31. The van der Waals surface area contributed by atoms with Gasteiger partial charge in [0.1, 0.15) is 0 Å². The smallest absolute Gasteiger partial charge is 0.220 e. The van der Waals surface area contributed by atoms with E-state index >= 15 is 0 Å². The van der Waals surface area contributed by atoms with Gasteiger partial charge in [0.25, 0.3) is 0 Å². The molecule has 0 fully saturated rings. The number of carbonyl (C=O) groups is 1. The molecule has 82 valence electrons. The van der Waals surface area contributed by atoms with Crippen LogP contribution in [0.15, 0.2) is 42.5 Å². The molecular weight excluding hydrogens is 198 g/mol. The maximum atomic E-state index is 11.0. The Morgan fingerprint density at radius 1 is 1.19 bits per heavy atom. The van der Waals surface area contributed by atoms with Crippen LogP contribution in [0.1, 0.15) is 12.5 Å². The van der Waals surface area contributed by atoms with E-state index in [1.54, 1.807) is 0 Å². The number of nitrogens with two attached hydrogens (primary N) is 1. The Morgan fingerprint density at radius 2 is 1.88 bits per heavy atom. The molecule has 2 N–H and O–H groups in total. The zero-order valence-electron chi connectivity index (χ0n) is 9.31. The van der Waals surface area contributed by atoms with Gasteiger partial charge in [-0.3, -0.25) is 4.79 Å². The summed E-state index contributed by atoms with van der Waals surface area (Å²) in [5.74, 6) is -0.352. The van der Waals surface area contributed by atoms with Crippen LogP contribution in [-0.4, -0.2) is 5.91 Å². The van der Waals surface area contributed by atoms with E-state index in [0.717, 1.165) is 5.56 Å². The highest BCUT2D eigenvalue weighted by Gasteiger charge is 2.09. The van der Waals surface area contributed by atoms with E-state index in [9.17, 15) is 4.79 Å². The molecule has 2 rings (SSSR count). The summed E-state index contributed by atoms with van der Waals surface area (Å²) >= 11 is 0. The number of fused-ring (bicyclic) bond motifs is 1. The van der Waals surface area contributed by atoms with Crippen LogP contribution in [0.5, 0.6) is 0 Å². The van der Waals surface area contributed by atoms with Gasteiger partial charge >= 0.3 is 0 Å². The Balaban J connectivity index is 2.29. The molecule has 0 aliphatic rings. The van der Waals surface area contributed by atoms with Gasteiger partial charge in [0.2, 0.25) is 5.91 Å². The molecule has 0 saturated heterocycles. The number of primary amides is 1. The van der Waals surface area contributed by atoms with Gasteiger partial charge < -0.3 is 5.73 Å². The predicted octanol–water partition coefficient (Wildman–Crippen LogP) is 2.50. The van der Waals surface area contributed by atoms with Gasteiger partial charge in [0.15, 0.2) is 0 Å². The Morgan fingerprint density at radius 3 is 2.56 bits per heavy atom. The molecule has 0 aliphatic heterocycles. The quantitative estimate of drug-likeness (QED) is 0.836. The first-order valence-corrected chi connectivity index (χ1v) is 5.44. The van der Waals surface area contributed by atoms with Crippen LogP contribution in [0.2, 0.25) is 0 Å². The molecule has 16 heavy (non-hydrogen) atoms. The number of carbonyl (C=O) groups excluding carboxylic acids is 1. The zero-order chi connectivity index (χ0) is 11.5. The van der Waals surface area contributed by atoms with Crippen LogP contribution >= 0.6 is 0 Å². The molecule has 2 nitrogen and oxygen atoms in total. The van der Waals surface area contributed by atoms with Crippen LogP contribution in [0.3, 0.4) is 0 Å². The molecule has 0 aliphatic carbocycles. The lowest BCUT2D eigenvalue weighted by Crippen LogP contribution is -2.22. The average Bonchev–Trinajstić information content (AvgIpc) is 2.28. The second kappa shape index (κ2) is 4.35. The maximum absolute atomic E-state index is 11.0. The lowest BCUT2D eigenvalue weighted by Gasteiger charge is -2.08. The van der Waals surface area contributed by atoms with E-state index in [1.807, 2.05) is 19.1 Å². The fourth-order valence-electron chi connectivity index (χ4n) is 1.82. The summed E-state index contributed by atoms with van der Waals surface area (Å²) in [5, 5.41) is 2.43. The van der Waals surface area contributed by atoms with E-state index in [4.69, 9.17) is 5.73 Å². The lowest BCUT2D eigenvalue weighted by atomic mass is 9.98. The third kappa shape index (κ3) is 2.22. The van der Waals surface area contributed by atoms with Gasteiger partial charge in [-0.1, -0.05) is 49.4 Å². The second-order valence-corrected chi connectivity index (χ2v) is 4.19. The molecule has 0 unspecified atom stereocenters. The van der Waals surface area contributed by atoms with Crippen molar-refractivity contribution in [3.8, 4) is 0 Å². The molecule has 2 heteroatoms. The molecule has 0 aromatic heterocycles. The molecule has 2 aromatic carbocycles. The Hall–Kier alpha value is -1.83. The van der Waals surface area contributed by atoms with Crippen molar-refractivity contribution in [3.63, 3.8) is 0 Å². The van der Waals surface area contributed by atoms with E-state index in [1.165, 1.54) is 10.8 Å². The first kappa shape index (κ1) is 10.7. The normalized spacial score (nSPS) is 12.6. The minimum Gasteiger partial charge on any atom is -0.369 e. The van der Waals surface area contributed by atoms with Crippen LogP contribution < -0.4 is 5.73 Å². The fourth-order valence-corrected chi connectivity index (χ4v) is 1.82. The first-order valence-electron chi connectivity index (χ1n) is 5.44. The highest BCUT2D eigenvalue weighted by Crippen LogP contribution is 2.17. The average molecular weight is 213 g/mol. The summed E-state index contributed by atoms with van der Waals surface area (Å²) in [4.78, 5) is 11.0. The first-order chi connectivity index (χ1) is 7.66. The predicted molar refractivity (Wildman–Crippen MR) is 66.0 cm³/mol. The molecule has 0 saturated carbocycles. The topological polar surface area (TPSA) is 43.1 Å². The maximum Gasteiger partial charge on any atom is 0.220 e. The fraction of sp³-hybridized carbons (Fsp3) is 0.214. The van der Waals surface area contributed by atoms with Crippen LogP contribution in [0.4, 0.5) is 0 Å². The summed E-state index contributed by atoms with van der Waals surface area (Å²) in [5.41, 5.74) is 6.41.